The largest absolute Gasteiger partial charge is 0.452 e. The van der Waals surface area contributed by atoms with E-state index < -0.39 is 53.9 Å². The number of halogens is 3. The number of fused-ring (bicyclic) bond motifs is 1. The SMILES string of the molecule is CC1=C(C(N)=O)C(C)ON1C(C)C(=O)N1CCC[C@H]1C(=O)N[C@@H](Cc1csc2ccccc12)C(=O)C(F)(F)F. The van der Waals surface area contributed by atoms with Crippen LogP contribution in [0, 0.1) is 0 Å². The number of nitrogens with one attached hydrogen (secondary N) is 1. The molecule has 0 saturated carbocycles. The molecule has 1 fully saturated rings. The quantitative estimate of drug-likeness (QED) is 0.507. The maximum atomic E-state index is 13.5. The number of amides is 3. The van der Waals surface area contributed by atoms with E-state index in [-0.39, 0.29) is 25.0 Å². The summed E-state index contributed by atoms with van der Waals surface area (Å²) in [5, 5.41) is 5.93. The Morgan fingerprint density at radius 2 is 1.92 bits per heavy atom. The molecule has 0 radical (unpaired) electrons. The second-order valence-corrected chi connectivity index (χ2v) is 10.6. The van der Waals surface area contributed by atoms with Crippen molar-refractivity contribution in [2.45, 2.75) is 70.4 Å². The Kier molecular flexibility index (Phi) is 8.03. The van der Waals surface area contributed by atoms with E-state index in [2.05, 4.69) is 5.32 Å². The maximum absolute atomic E-state index is 13.5. The molecular weight excluding hydrogens is 537 g/mol. The summed E-state index contributed by atoms with van der Waals surface area (Å²) in [6.45, 7) is 4.93. The van der Waals surface area contributed by atoms with Crippen LogP contribution in [0.25, 0.3) is 10.1 Å². The average Bonchev–Trinajstić information content (AvgIpc) is 3.59. The van der Waals surface area contributed by atoms with Gasteiger partial charge in [-0.3, -0.25) is 24.0 Å². The molecule has 0 aliphatic carbocycles. The molecule has 2 aliphatic rings. The van der Waals surface area contributed by atoms with Gasteiger partial charge in [0.25, 0.3) is 5.78 Å². The molecule has 3 N–H and O–H groups in total. The first-order valence-electron chi connectivity index (χ1n) is 12.4. The van der Waals surface area contributed by atoms with E-state index in [9.17, 15) is 32.3 Å². The summed E-state index contributed by atoms with van der Waals surface area (Å²) in [5.74, 6) is -4.09. The number of carbonyl (C=O) groups is 4. The second kappa shape index (κ2) is 11.0. The molecule has 39 heavy (non-hydrogen) atoms. The Morgan fingerprint density at radius 3 is 2.56 bits per heavy atom. The van der Waals surface area contributed by atoms with Crippen LogP contribution in [0.15, 0.2) is 40.9 Å². The highest BCUT2D eigenvalue weighted by molar-refractivity contribution is 7.17. The number of Topliss-reactive ketones (excluding diaryl/α,β-unsaturated/α-hetero) is 1. The number of likely N-dealkylation sites (tertiary alicyclic amines) is 1. The smallest absolute Gasteiger partial charge is 0.366 e. The number of benzene rings is 1. The third kappa shape index (κ3) is 5.64. The van der Waals surface area contributed by atoms with E-state index in [4.69, 9.17) is 10.6 Å². The molecule has 2 aliphatic heterocycles. The van der Waals surface area contributed by atoms with Crippen LogP contribution in [0.5, 0.6) is 0 Å². The predicted molar refractivity (Wildman–Crippen MR) is 137 cm³/mol. The van der Waals surface area contributed by atoms with Gasteiger partial charge in [0, 0.05) is 17.7 Å². The molecule has 2 unspecified atom stereocenters. The monoisotopic (exact) mass is 566 g/mol. The summed E-state index contributed by atoms with van der Waals surface area (Å²) in [7, 11) is 0. The van der Waals surface area contributed by atoms with Gasteiger partial charge in [0.05, 0.1) is 11.3 Å². The molecular formula is C26H29F3N4O5S. The molecule has 0 bridgehead atoms. The van der Waals surface area contributed by atoms with Gasteiger partial charge in [-0.2, -0.15) is 13.2 Å². The molecule has 210 valence electrons. The van der Waals surface area contributed by atoms with Crippen LogP contribution in [0.1, 0.15) is 39.2 Å². The number of alkyl halides is 3. The Labute approximate surface area is 226 Å². The van der Waals surface area contributed by atoms with Gasteiger partial charge in [-0.25, -0.2) is 5.06 Å². The predicted octanol–water partition coefficient (Wildman–Crippen LogP) is 2.83. The molecule has 1 aromatic carbocycles. The lowest BCUT2D eigenvalue weighted by Gasteiger charge is -2.32. The normalized spacial score (nSPS) is 21.4. The number of rotatable bonds is 8. The van der Waals surface area contributed by atoms with E-state index in [1.165, 1.54) is 28.2 Å². The molecule has 0 spiro atoms. The lowest BCUT2D eigenvalue weighted by atomic mass is 10.0. The van der Waals surface area contributed by atoms with Gasteiger partial charge in [0.15, 0.2) is 0 Å². The van der Waals surface area contributed by atoms with E-state index in [0.29, 0.717) is 23.1 Å². The summed E-state index contributed by atoms with van der Waals surface area (Å²) >= 11 is 1.33. The third-order valence-corrected chi connectivity index (χ3v) is 8.12. The van der Waals surface area contributed by atoms with Crippen LogP contribution in [-0.2, 0) is 30.4 Å². The zero-order chi connectivity index (χ0) is 28.6. The van der Waals surface area contributed by atoms with E-state index in [0.717, 1.165) is 4.70 Å². The topological polar surface area (TPSA) is 122 Å². The fraction of sp³-hybridized carbons (Fsp3) is 0.462. The minimum Gasteiger partial charge on any atom is -0.366 e. The third-order valence-electron chi connectivity index (χ3n) is 7.11. The fourth-order valence-corrected chi connectivity index (χ4v) is 6.18. The molecule has 4 atom stereocenters. The number of nitrogens with zero attached hydrogens (tertiary/aromatic N) is 2. The first-order chi connectivity index (χ1) is 18.3. The van der Waals surface area contributed by atoms with Crippen LogP contribution >= 0.6 is 11.3 Å². The van der Waals surface area contributed by atoms with Gasteiger partial charge in [-0.05, 0) is 56.0 Å². The van der Waals surface area contributed by atoms with Crippen LogP contribution in [-0.4, -0.2) is 70.4 Å². The van der Waals surface area contributed by atoms with Gasteiger partial charge in [-0.1, -0.05) is 18.2 Å². The van der Waals surface area contributed by atoms with E-state index in [1.807, 2.05) is 6.07 Å². The van der Waals surface area contributed by atoms with Crippen molar-refractivity contribution in [1.29, 1.82) is 0 Å². The summed E-state index contributed by atoms with van der Waals surface area (Å²) < 4.78 is 41.3. The van der Waals surface area contributed by atoms with E-state index >= 15 is 0 Å². The summed E-state index contributed by atoms with van der Waals surface area (Å²) in [6.07, 6.45) is -5.50. The van der Waals surface area contributed by atoms with Gasteiger partial charge in [-0.15, -0.1) is 11.3 Å². The number of hydrogen-bond donors (Lipinski definition) is 2. The number of nitrogens with two attached hydrogens (primary N) is 1. The minimum absolute atomic E-state index is 0.198. The summed E-state index contributed by atoms with van der Waals surface area (Å²) in [4.78, 5) is 57.7. The highest BCUT2D eigenvalue weighted by Gasteiger charge is 2.46. The highest BCUT2D eigenvalue weighted by Crippen LogP contribution is 2.31. The lowest BCUT2D eigenvalue weighted by molar-refractivity contribution is -0.176. The highest BCUT2D eigenvalue weighted by atomic mass is 32.1. The number of hydroxylamine groups is 2. The van der Waals surface area contributed by atoms with Crippen LogP contribution in [0.2, 0.25) is 0 Å². The first-order valence-corrected chi connectivity index (χ1v) is 13.3. The van der Waals surface area contributed by atoms with Crippen LogP contribution < -0.4 is 11.1 Å². The Morgan fingerprint density at radius 1 is 1.23 bits per heavy atom. The zero-order valence-electron chi connectivity index (χ0n) is 21.6. The molecule has 1 aromatic heterocycles. The van der Waals surface area contributed by atoms with Crippen molar-refractivity contribution in [2.75, 3.05) is 6.54 Å². The lowest BCUT2D eigenvalue weighted by Crippen LogP contribution is -2.56. The number of hydrogen-bond acceptors (Lipinski definition) is 7. The van der Waals surface area contributed by atoms with Crippen LogP contribution in [0.4, 0.5) is 13.2 Å². The summed E-state index contributed by atoms with van der Waals surface area (Å²) in [5.41, 5.74) is 6.53. The summed E-state index contributed by atoms with van der Waals surface area (Å²) in [6, 6.07) is 3.25. The van der Waals surface area contributed by atoms with Crippen molar-refractivity contribution < 1.29 is 37.2 Å². The number of allylic oxidation sites excluding steroid dienone is 1. The Hall–Kier alpha value is -3.45. The molecule has 4 rings (SSSR count). The second-order valence-electron chi connectivity index (χ2n) is 9.69. The number of primary amides is 1. The van der Waals surface area contributed by atoms with Crippen molar-refractivity contribution in [3.05, 3.63) is 46.5 Å². The molecule has 1 saturated heterocycles. The van der Waals surface area contributed by atoms with Gasteiger partial charge in [0.2, 0.25) is 17.7 Å². The molecule has 9 nitrogen and oxygen atoms in total. The van der Waals surface area contributed by atoms with E-state index in [1.54, 1.807) is 37.4 Å². The fourth-order valence-electron chi connectivity index (χ4n) is 5.20. The Bertz CT molecular complexity index is 1340. The molecule has 13 heteroatoms. The van der Waals surface area contributed by atoms with Gasteiger partial charge < -0.3 is 16.0 Å². The standard InChI is InChI=1S/C26H29F3N4O5S/c1-13-21(23(30)35)15(3)38-33(13)14(2)25(37)32-10-6-8-19(32)24(36)31-18(22(34)26(27,28)29)11-16-12-39-20-9-5-4-7-17(16)20/h4-5,7,9,12,14-15,18-19H,6,8,10-11H2,1-3H3,(H2,30,35)(H,31,36)/t14?,15?,18-,19-/m0/s1. The van der Waals surface area contributed by atoms with Crippen LogP contribution in [0.3, 0.4) is 0 Å². The van der Waals surface area contributed by atoms with Crippen molar-refractivity contribution in [3.8, 4) is 0 Å². The van der Waals surface area contributed by atoms with Crippen molar-refractivity contribution in [3.63, 3.8) is 0 Å². The van der Waals surface area contributed by atoms with Gasteiger partial charge in [0.1, 0.15) is 24.2 Å². The molecule has 3 heterocycles. The minimum atomic E-state index is -5.16. The number of ketones is 1. The first kappa shape index (κ1) is 28.6. The zero-order valence-corrected chi connectivity index (χ0v) is 22.4. The average molecular weight is 567 g/mol. The van der Waals surface area contributed by atoms with Crippen molar-refractivity contribution >= 4 is 44.9 Å². The van der Waals surface area contributed by atoms with Crippen molar-refractivity contribution in [1.82, 2.24) is 15.3 Å². The molecule has 2 aromatic rings. The Balaban J connectivity index is 1.52. The molecule has 3 amide bonds. The number of thiophene rings is 1. The maximum Gasteiger partial charge on any atom is 0.452 e. The van der Waals surface area contributed by atoms with Gasteiger partial charge >= 0.3 is 6.18 Å². The van der Waals surface area contributed by atoms with Crippen molar-refractivity contribution in [2.24, 2.45) is 5.73 Å². The number of carbonyl (C=O) groups excluding carboxylic acids is 4.